The maximum Gasteiger partial charge on any atom is 0.371 e. The molecule has 0 spiro atoms. The molecule has 0 saturated carbocycles. The molecule has 1 aliphatic carbocycles. The summed E-state index contributed by atoms with van der Waals surface area (Å²) >= 11 is 3.26. The summed E-state index contributed by atoms with van der Waals surface area (Å²) in [6.45, 7) is 0. The molecule has 3 unspecified atom stereocenters. The monoisotopic (exact) mass is 449 g/mol. The van der Waals surface area contributed by atoms with Crippen molar-refractivity contribution >= 4 is 45.4 Å². The second kappa shape index (κ2) is 7.25. The molecule has 0 saturated heterocycles. The molecule has 31 heavy (non-hydrogen) atoms. The van der Waals surface area contributed by atoms with Crippen LogP contribution in [0.25, 0.3) is 32.2 Å². The van der Waals surface area contributed by atoms with Crippen LogP contribution in [0.1, 0.15) is 17.9 Å². The van der Waals surface area contributed by atoms with Gasteiger partial charge in [-0.15, -0.1) is 22.7 Å². The lowest BCUT2D eigenvalue weighted by atomic mass is 9.79. The fourth-order valence-electron chi connectivity index (χ4n) is 4.60. The molecule has 1 N–H and O–H groups in total. The third-order valence-corrected chi connectivity index (χ3v) is 7.74. The van der Waals surface area contributed by atoms with Gasteiger partial charge in [0.05, 0.1) is 20.8 Å². The molecule has 5 nitrogen and oxygen atoms in total. The predicted molar refractivity (Wildman–Crippen MR) is 121 cm³/mol. The van der Waals surface area contributed by atoms with Crippen molar-refractivity contribution in [2.45, 2.75) is 18.4 Å². The first kappa shape index (κ1) is 18.7. The minimum Gasteiger partial charge on any atom is -0.372 e. The first-order valence-electron chi connectivity index (χ1n) is 9.92. The zero-order valence-corrected chi connectivity index (χ0v) is 17.8. The second-order valence-corrected chi connectivity index (χ2v) is 9.57. The highest BCUT2D eigenvalue weighted by Crippen LogP contribution is 2.46. The number of rotatable bonds is 3. The number of anilines is 1. The molecule has 4 heterocycles. The van der Waals surface area contributed by atoms with Crippen LogP contribution in [0.15, 0.2) is 59.3 Å². The van der Waals surface area contributed by atoms with Crippen LogP contribution in [-0.4, -0.2) is 22.0 Å². The largest absolute Gasteiger partial charge is 0.372 e. The fourth-order valence-corrected chi connectivity index (χ4v) is 6.03. The van der Waals surface area contributed by atoms with Gasteiger partial charge >= 0.3 is 5.97 Å². The second-order valence-electron chi connectivity index (χ2n) is 7.68. The Labute approximate surface area is 185 Å². The summed E-state index contributed by atoms with van der Waals surface area (Å²) in [5.74, 6) is -0.958. The van der Waals surface area contributed by atoms with E-state index in [9.17, 15) is 9.32 Å². The number of aromatic nitrogens is 2. The topological polar surface area (TPSA) is 64.1 Å². The molecule has 2 aliphatic rings. The first-order chi connectivity index (χ1) is 15.2. The molecule has 154 valence electrons. The number of halogens is 1. The number of hydrogen-bond donors (Lipinski definition) is 1. The Bertz CT molecular complexity index is 1320. The molecule has 0 bridgehead atoms. The van der Waals surface area contributed by atoms with E-state index in [4.69, 9.17) is 9.97 Å². The highest BCUT2D eigenvalue weighted by Gasteiger charge is 2.42. The molecular weight excluding hydrogens is 433 g/mol. The molecule has 6 rings (SSSR count). The van der Waals surface area contributed by atoms with Crippen LogP contribution in [0.5, 0.6) is 0 Å². The maximum absolute atomic E-state index is 12.7. The van der Waals surface area contributed by atoms with Crippen LogP contribution in [-0.2, 0) is 9.74 Å². The van der Waals surface area contributed by atoms with Crippen LogP contribution in [0, 0.1) is 5.92 Å². The average Bonchev–Trinajstić information content (AvgIpc) is 3.57. The Morgan fingerprint density at radius 1 is 1.06 bits per heavy atom. The van der Waals surface area contributed by atoms with Gasteiger partial charge in [-0.3, -0.25) is 4.94 Å². The number of benzene rings is 1. The van der Waals surface area contributed by atoms with Crippen LogP contribution in [0.3, 0.4) is 0 Å². The van der Waals surface area contributed by atoms with E-state index in [1.54, 1.807) is 22.7 Å². The average molecular weight is 450 g/mol. The molecule has 0 amide bonds. The number of hydrogen-bond acceptors (Lipinski definition) is 7. The lowest BCUT2D eigenvalue weighted by Crippen LogP contribution is -2.42. The van der Waals surface area contributed by atoms with Crippen LogP contribution in [0.4, 0.5) is 10.2 Å². The molecule has 0 fully saturated rings. The molecule has 0 radical (unpaired) electrons. The summed E-state index contributed by atoms with van der Waals surface area (Å²) in [5.41, 5.74) is 5.04. The molecular formula is C23H16FN3O2S2. The quantitative estimate of drug-likeness (QED) is 0.391. The van der Waals surface area contributed by atoms with Crippen molar-refractivity contribution < 1.29 is 14.3 Å². The highest BCUT2D eigenvalue weighted by atomic mass is 32.1. The van der Waals surface area contributed by atoms with E-state index in [2.05, 4.69) is 22.4 Å². The number of nitrogens with one attached hydrogen (secondary N) is 1. The first-order valence-corrected chi connectivity index (χ1v) is 11.7. The van der Waals surface area contributed by atoms with Gasteiger partial charge in [0, 0.05) is 22.0 Å². The lowest BCUT2D eigenvalue weighted by molar-refractivity contribution is -0.186. The van der Waals surface area contributed by atoms with Crippen LogP contribution in [0.2, 0.25) is 0 Å². The molecule has 3 aromatic heterocycles. The van der Waals surface area contributed by atoms with E-state index in [0.29, 0.717) is 6.42 Å². The van der Waals surface area contributed by atoms with Crippen LogP contribution >= 0.6 is 22.7 Å². The van der Waals surface area contributed by atoms with Crippen molar-refractivity contribution in [1.82, 2.24) is 9.97 Å². The zero-order chi connectivity index (χ0) is 20.9. The van der Waals surface area contributed by atoms with E-state index >= 15 is 0 Å². The third kappa shape index (κ3) is 2.97. The van der Waals surface area contributed by atoms with Gasteiger partial charge in [0.1, 0.15) is 17.4 Å². The van der Waals surface area contributed by atoms with Crippen molar-refractivity contribution in [3.63, 3.8) is 0 Å². The summed E-state index contributed by atoms with van der Waals surface area (Å²) in [6.07, 6.45) is 4.82. The lowest BCUT2D eigenvalue weighted by Gasteiger charge is -2.34. The minimum atomic E-state index is -0.886. The SMILES string of the molecule is O=C(OF)C1Nc2cc3nc(-c4cccs4)c(-c4cccs4)nc3cc2C2C=CCC12. The number of fused-ring (bicyclic) bond motifs is 4. The Balaban J connectivity index is 1.56. The molecule has 1 aromatic carbocycles. The van der Waals surface area contributed by atoms with Crippen molar-refractivity contribution in [1.29, 1.82) is 0 Å². The van der Waals surface area contributed by atoms with Crippen LogP contribution < -0.4 is 5.32 Å². The minimum absolute atomic E-state index is 0.00807. The van der Waals surface area contributed by atoms with Gasteiger partial charge in [0.15, 0.2) is 0 Å². The summed E-state index contributed by atoms with van der Waals surface area (Å²) in [6, 6.07) is 11.3. The smallest absolute Gasteiger partial charge is 0.371 e. The fraction of sp³-hybridized carbons (Fsp3) is 0.174. The number of allylic oxidation sites excluding steroid dienone is 2. The number of thiophene rings is 2. The number of nitrogens with zero attached hydrogens (tertiary/aromatic N) is 2. The van der Waals surface area contributed by atoms with E-state index in [-0.39, 0.29) is 11.8 Å². The van der Waals surface area contributed by atoms with E-state index in [1.165, 1.54) is 0 Å². The summed E-state index contributed by atoms with van der Waals surface area (Å²) in [7, 11) is 0. The Hall–Kier alpha value is -3.10. The summed E-state index contributed by atoms with van der Waals surface area (Å²) < 4.78 is 12.7. The summed E-state index contributed by atoms with van der Waals surface area (Å²) in [5, 5.41) is 7.25. The van der Waals surface area contributed by atoms with Gasteiger partial charge in [-0.2, -0.15) is 0 Å². The van der Waals surface area contributed by atoms with E-state index in [1.807, 2.05) is 47.2 Å². The number of carbonyl (C=O) groups is 1. The highest BCUT2D eigenvalue weighted by molar-refractivity contribution is 7.14. The standard InChI is InChI=1S/C23H16FN3O2S2/c24-29-23(28)20-13-5-1-4-12(13)14-10-16-17(11-15(14)25-20)27-22(19-7-3-9-31-19)21(26-16)18-6-2-8-30-18/h1-4,6-13,20,25H,5H2. The van der Waals surface area contributed by atoms with Crippen molar-refractivity contribution in [3.8, 4) is 21.1 Å². The van der Waals surface area contributed by atoms with Gasteiger partial charge in [-0.25, -0.2) is 14.8 Å². The van der Waals surface area contributed by atoms with Crippen molar-refractivity contribution in [2.24, 2.45) is 5.92 Å². The predicted octanol–water partition coefficient (Wildman–Crippen LogP) is 5.97. The molecule has 8 heteroatoms. The van der Waals surface area contributed by atoms with Gasteiger partial charge in [0.2, 0.25) is 0 Å². The normalized spacial score (nSPS) is 21.5. The maximum atomic E-state index is 12.7. The van der Waals surface area contributed by atoms with Gasteiger partial charge < -0.3 is 5.32 Å². The van der Waals surface area contributed by atoms with E-state index in [0.717, 1.165) is 43.4 Å². The molecule has 4 aromatic rings. The van der Waals surface area contributed by atoms with E-state index < -0.39 is 12.0 Å². The third-order valence-electron chi connectivity index (χ3n) is 5.99. The zero-order valence-electron chi connectivity index (χ0n) is 16.1. The van der Waals surface area contributed by atoms with Crippen molar-refractivity contribution in [2.75, 3.05) is 5.32 Å². The Morgan fingerprint density at radius 3 is 2.35 bits per heavy atom. The Morgan fingerprint density at radius 2 is 1.74 bits per heavy atom. The summed E-state index contributed by atoms with van der Waals surface area (Å²) in [4.78, 5) is 27.7. The van der Waals surface area contributed by atoms with Crippen molar-refractivity contribution in [3.05, 3.63) is 64.9 Å². The molecule has 1 aliphatic heterocycles. The number of carbonyl (C=O) groups excluding carboxylic acids is 1. The van der Waals surface area contributed by atoms with Gasteiger partial charge in [-0.05, 0) is 47.0 Å². The molecule has 3 atom stereocenters. The Kier molecular flexibility index (Phi) is 4.36. The van der Waals surface area contributed by atoms with Gasteiger partial charge in [0.25, 0.3) is 0 Å². The van der Waals surface area contributed by atoms with Gasteiger partial charge in [-0.1, -0.05) is 24.3 Å².